The van der Waals surface area contributed by atoms with Crippen LogP contribution in [0.4, 0.5) is 0 Å². The molecule has 0 saturated carbocycles. The van der Waals surface area contributed by atoms with Crippen molar-refractivity contribution in [2.75, 3.05) is 13.2 Å². The number of aliphatic hydroxyl groups is 1. The standard InChI is InChI=1S/C17H21NO4/c1-4-9-18-16(20)14(15(19)17(18)21)12-5-7-13(8-6-12)22-10-11(2)3/h5-8,11,19H,4,9-10H2,1-3H3. The summed E-state index contributed by atoms with van der Waals surface area (Å²) in [6.45, 7) is 6.90. The second kappa shape index (κ2) is 6.64. The highest BCUT2D eigenvalue weighted by Crippen LogP contribution is 2.29. The zero-order chi connectivity index (χ0) is 16.3. The van der Waals surface area contributed by atoms with E-state index in [4.69, 9.17) is 4.74 Å². The number of hydrogen-bond donors (Lipinski definition) is 1. The third-order valence-electron chi connectivity index (χ3n) is 3.32. The maximum absolute atomic E-state index is 12.3. The lowest BCUT2D eigenvalue weighted by Crippen LogP contribution is -2.32. The lowest BCUT2D eigenvalue weighted by atomic mass is 10.1. The van der Waals surface area contributed by atoms with Gasteiger partial charge in [-0.05, 0) is 30.0 Å². The topological polar surface area (TPSA) is 66.8 Å². The number of amides is 2. The predicted molar refractivity (Wildman–Crippen MR) is 83.3 cm³/mol. The number of nitrogens with zero attached hydrogens (tertiary/aromatic N) is 1. The van der Waals surface area contributed by atoms with Gasteiger partial charge < -0.3 is 9.84 Å². The van der Waals surface area contributed by atoms with Crippen LogP contribution in [0.1, 0.15) is 32.8 Å². The quantitative estimate of drug-likeness (QED) is 0.821. The van der Waals surface area contributed by atoms with Crippen LogP contribution in [0, 0.1) is 5.92 Å². The Morgan fingerprint density at radius 3 is 2.32 bits per heavy atom. The van der Waals surface area contributed by atoms with Crippen LogP contribution in [0.2, 0.25) is 0 Å². The molecule has 0 spiro atoms. The van der Waals surface area contributed by atoms with Crippen molar-refractivity contribution in [1.82, 2.24) is 4.90 Å². The molecule has 1 heterocycles. The first-order chi connectivity index (χ1) is 10.5. The fourth-order valence-corrected chi connectivity index (χ4v) is 2.23. The van der Waals surface area contributed by atoms with Crippen LogP contribution >= 0.6 is 0 Å². The first kappa shape index (κ1) is 16.1. The molecule has 1 aromatic carbocycles. The summed E-state index contributed by atoms with van der Waals surface area (Å²) in [7, 11) is 0. The second-order valence-electron chi connectivity index (χ2n) is 5.71. The van der Waals surface area contributed by atoms with E-state index in [1.165, 1.54) is 0 Å². The van der Waals surface area contributed by atoms with E-state index in [2.05, 4.69) is 13.8 Å². The zero-order valence-electron chi connectivity index (χ0n) is 13.1. The van der Waals surface area contributed by atoms with Gasteiger partial charge in [-0.25, -0.2) is 0 Å². The van der Waals surface area contributed by atoms with Gasteiger partial charge in [0, 0.05) is 6.54 Å². The van der Waals surface area contributed by atoms with E-state index in [0.717, 1.165) is 4.90 Å². The minimum atomic E-state index is -0.623. The monoisotopic (exact) mass is 303 g/mol. The summed E-state index contributed by atoms with van der Waals surface area (Å²) < 4.78 is 5.58. The predicted octanol–water partition coefficient (Wildman–Crippen LogP) is 2.77. The molecule has 22 heavy (non-hydrogen) atoms. The van der Waals surface area contributed by atoms with Crippen molar-refractivity contribution in [1.29, 1.82) is 0 Å². The largest absolute Gasteiger partial charge is 0.502 e. The molecule has 5 nitrogen and oxygen atoms in total. The molecule has 0 unspecified atom stereocenters. The summed E-state index contributed by atoms with van der Waals surface area (Å²) >= 11 is 0. The second-order valence-corrected chi connectivity index (χ2v) is 5.71. The van der Waals surface area contributed by atoms with Gasteiger partial charge in [-0.2, -0.15) is 0 Å². The molecule has 0 saturated heterocycles. The maximum atomic E-state index is 12.3. The number of benzene rings is 1. The third-order valence-corrected chi connectivity index (χ3v) is 3.32. The Kier molecular flexibility index (Phi) is 4.85. The Balaban J connectivity index is 2.21. The Morgan fingerprint density at radius 2 is 1.77 bits per heavy atom. The molecule has 118 valence electrons. The Hall–Kier alpha value is -2.30. The fraction of sp³-hybridized carbons (Fsp3) is 0.412. The van der Waals surface area contributed by atoms with Gasteiger partial charge in [0.2, 0.25) is 0 Å². The SMILES string of the molecule is CCCN1C(=O)C(O)=C(c2ccc(OCC(C)C)cc2)C1=O. The molecule has 1 aliphatic heterocycles. The molecule has 0 aliphatic carbocycles. The smallest absolute Gasteiger partial charge is 0.296 e. The van der Waals surface area contributed by atoms with Gasteiger partial charge in [0.25, 0.3) is 11.8 Å². The number of hydrogen-bond acceptors (Lipinski definition) is 4. The van der Waals surface area contributed by atoms with E-state index in [0.29, 0.717) is 36.8 Å². The van der Waals surface area contributed by atoms with Gasteiger partial charge in [0.1, 0.15) is 5.75 Å². The molecule has 2 amide bonds. The number of carbonyl (C=O) groups is 2. The van der Waals surface area contributed by atoms with Gasteiger partial charge in [-0.3, -0.25) is 14.5 Å². The maximum Gasteiger partial charge on any atom is 0.296 e. The van der Waals surface area contributed by atoms with E-state index >= 15 is 0 Å². The zero-order valence-corrected chi connectivity index (χ0v) is 13.1. The number of carbonyl (C=O) groups excluding carboxylic acids is 2. The minimum absolute atomic E-state index is 0.0638. The van der Waals surface area contributed by atoms with Gasteiger partial charge in [-0.15, -0.1) is 0 Å². The average Bonchev–Trinajstić information content (AvgIpc) is 2.70. The highest BCUT2D eigenvalue weighted by atomic mass is 16.5. The summed E-state index contributed by atoms with van der Waals surface area (Å²) in [6.07, 6.45) is 0.653. The number of ether oxygens (including phenoxy) is 1. The van der Waals surface area contributed by atoms with E-state index in [1.807, 2.05) is 6.92 Å². The molecule has 0 atom stereocenters. The molecule has 1 aromatic rings. The summed E-state index contributed by atoms with van der Waals surface area (Å²) in [4.78, 5) is 25.3. The van der Waals surface area contributed by atoms with Gasteiger partial charge in [-0.1, -0.05) is 32.9 Å². The van der Waals surface area contributed by atoms with E-state index in [1.54, 1.807) is 24.3 Å². The van der Waals surface area contributed by atoms with Crippen molar-refractivity contribution in [3.05, 3.63) is 35.6 Å². The van der Waals surface area contributed by atoms with Crippen molar-refractivity contribution in [2.24, 2.45) is 5.92 Å². The van der Waals surface area contributed by atoms with Crippen molar-refractivity contribution in [3.63, 3.8) is 0 Å². The summed E-state index contributed by atoms with van der Waals surface area (Å²) in [6, 6.07) is 6.83. The summed E-state index contributed by atoms with van der Waals surface area (Å²) in [5.41, 5.74) is 0.584. The molecule has 1 aliphatic rings. The molecular weight excluding hydrogens is 282 g/mol. The van der Waals surface area contributed by atoms with Crippen molar-refractivity contribution in [2.45, 2.75) is 27.2 Å². The Labute approximate surface area is 130 Å². The molecule has 0 aromatic heterocycles. The van der Waals surface area contributed by atoms with Crippen LogP contribution in [0.5, 0.6) is 5.75 Å². The molecule has 0 radical (unpaired) electrons. The normalized spacial score (nSPS) is 15.2. The average molecular weight is 303 g/mol. The molecule has 5 heteroatoms. The number of imide groups is 1. The van der Waals surface area contributed by atoms with Gasteiger partial charge in [0.05, 0.1) is 12.2 Å². The lowest BCUT2D eigenvalue weighted by Gasteiger charge is -2.13. The number of aliphatic hydroxyl groups excluding tert-OH is 1. The van der Waals surface area contributed by atoms with Gasteiger partial charge >= 0.3 is 0 Å². The van der Waals surface area contributed by atoms with Crippen molar-refractivity contribution < 1.29 is 19.4 Å². The third kappa shape index (κ3) is 3.13. The minimum Gasteiger partial charge on any atom is -0.502 e. The van der Waals surface area contributed by atoms with Crippen LogP contribution in [0.3, 0.4) is 0 Å². The van der Waals surface area contributed by atoms with Gasteiger partial charge in [0.15, 0.2) is 5.76 Å². The van der Waals surface area contributed by atoms with Crippen molar-refractivity contribution in [3.8, 4) is 5.75 Å². The van der Waals surface area contributed by atoms with Crippen LogP contribution in [-0.4, -0.2) is 35.0 Å². The Morgan fingerprint density at radius 1 is 1.14 bits per heavy atom. The fourth-order valence-electron chi connectivity index (χ4n) is 2.23. The molecule has 0 bridgehead atoms. The first-order valence-corrected chi connectivity index (χ1v) is 7.48. The van der Waals surface area contributed by atoms with Crippen LogP contribution in [-0.2, 0) is 9.59 Å². The van der Waals surface area contributed by atoms with Crippen LogP contribution in [0.25, 0.3) is 5.57 Å². The molecular formula is C17H21NO4. The van der Waals surface area contributed by atoms with Crippen molar-refractivity contribution >= 4 is 17.4 Å². The molecule has 0 fully saturated rings. The summed E-state index contributed by atoms with van der Waals surface area (Å²) in [5.74, 6) is -0.431. The highest BCUT2D eigenvalue weighted by Gasteiger charge is 2.38. The first-order valence-electron chi connectivity index (χ1n) is 7.48. The van der Waals surface area contributed by atoms with E-state index in [9.17, 15) is 14.7 Å². The Bertz CT molecular complexity index is 602. The highest BCUT2D eigenvalue weighted by molar-refractivity contribution is 6.34. The number of rotatable bonds is 6. The summed E-state index contributed by atoms with van der Waals surface area (Å²) in [5, 5.41) is 9.96. The lowest BCUT2D eigenvalue weighted by molar-refractivity contribution is -0.138. The van der Waals surface area contributed by atoms with E-state index in [-0.39, 0.29) is 5.57 Å². The molecule has 1 N–H and O–H groups in total. The van der Waals surface area contributed by atoms with E-state index < -0.39 is 17.6 Å². The van der Waals surface area contributed by atoms with Crippen LogP contribution < -0.4 is 4.74 Å². The van der Waals surface area contributed by atoms with Crippen LogP contribution in [0.15, 0.2) is 30.0 Å². The molecule has 2 rings (SSSR count).